The Morgan fingerprint density at radius 2 is 2.19 bits per heavy atom. The van der Waals surface area contributed by atoms with Crippen molar-refractivity contribution in [3.8, 4) is 0 Å². The molecule has 4 nitrogen and oxygen atoms in total. The molecule has 0 bridgehead atoms. The maximum absolute atomic E-state index is 12.7. The van der Waals surface area contributed by atoms with Gasteiger partial charge in [-0.1, -0.05) is 13.3 Å². The molecule has 1 saturated carbocycles. The number of carbonyl (C=O) groups is 2. The van der Waals surface area contributed by atoms with E-state index in [-0.39, 0.29) is 23.9 Å². The second-order valence-corrected chi connectivity index (χ2v) is 6.82. The highest BCUT2D eigenvalue weighted by atomic mass is 32.1. The fourth-order valence-electron chi connectivity index (χ4n) is 3.04. The summed E-state index contributed by atoms with van der Waals surface area (Å²) in [5.74, 6) is 0.539. The number of thiophene rings is 1. The normalized spacial score (nSPS) is 26.0. The van der Waals surface area contributed by atoms with Crippen LogP contribution >= 0.6 is 11.3 Å². The van der Waals surface area contributed by atoms with Gasteiger partial charge in [0.2, 0.25) is 11.8 Å². The summed E-state index contributed by atoms with van der Waals surface area (Å²) in [4.78, 5) is 26.9. The predicted octanol–water partition coefficient (Wildman–Crippen LogP) is 2.20. The lowest BCUT2D eigenvalue weighted by atomic mass is 10.00. The second kappa shape index (κ2) is 6.18. The Hall–Kier alpha value is -1.36. The van der Waals surface area contributed by atoms with E-state index >= 15 is 0 Å². The van der Waals surface area contributed by atoms with Gasteiger partial charge in [0.05, 0.1) is 0 Å². The molecule has 1 aliphatic heterocycles. The van der Waals surface area contributed by atoms with Crippen LogP contribution in [0.2, 0.25) is 0 Å². The standard InChI is InChI=1S/C16H22N2O2S/c1-2-3-13-15(19)17-14(12-4-5-12)16(20)18(13)8-6-11-7-9-21-10-11/h7,9-10,12-14H,2-6,8H2,1H3,(H,17,19). The molecule has 1 aromatic rings. The molecule has 0 radical (unpaired) electrons. The van der Waals surface area contributed by atoms with Crippen molar-refractivity contribution < 1.29 is 9.59 Å². The van der Waals surface area contributed by atoms with E-state index in [1.54, 1.807) is 11.3 Å². The van der Waals surface area contributed by atoms with Gasteiger partial charge in [-0.25, -0.2) is 0 Å². The first-order chi connectivity index (χ1) is 10.2. The van der Waals surface area contributed by atoms with Gasteiger partial charge in [-0.3, -0.25) is 9.59 Å². The minimum Gasteiger partial charge on any atom is -0.342 e. The summed E-state index contributed by atoms with van der Waals surface area (Å²) in [6, 6.07) is 1.54. The van der Waals surface area contributed by atoms with E-state index in [4.69, 9.17) is 0 Å². The summed E-state index contributed by atoms with van der Waals surface area (Å²) >= 11 is 1.67. The lowest BCUT2D eigenvalue weighted by Crippen LogP contribution is -2.64. The van der Waals surface area contributed by atoms with Crippen molar-refractivity contribution in [2.24, 2.45) is 5.92 Å². The fraction of sp³-hybridized carbons (Fsp3) is 0.625. The molecule has 1 saturated heterocycles. The minimum absolute atomic E-state index is 0.0404. The van der Waals surface area contributed by atoms with E-state index in [0.29, 0.717) is 12.5 Å². The van der Waals surface area contributed by atoms with Crippen LogP contribution in [0, 0.1) is 5.92 Å². The molecule has 0 aromatic carbocycles. The fourth-order valence-corrected chi connectivity index (χ4v) is 3.75. The van der Waals surface area contributed by atoms with Crippen molar-refractivity contribution >= 4 is 23.2 Å². The Labute approximate surface area is 129 Å². The first-order valence-corrected chi connectivity index (χ1v) is 8.77. The van der Waals surface area contributed by atoms with Crippen LogP contribution in [0.5, 0.6) is 0 Å². The maximum Gasteiger partial charge on any atom is 0.246 e. The van der Waals surface area contributed by atoms with Crippen LogP contribution in [0.3, 0.4) is 0 Å². The molecule has 0 spiro atoms. The number of piperazine rings is 1. The van der Waals surface area contributed by atoms with Gasteiger partial charge in [0.15, 0.2) is 0 Å². The van der Waals surface area contributed by atoms with Crippen molar-refractivity contribution in [2.75, 3.05) is 6.54 Å². The molecular formula is C16H22N2O2S. The molecule has 21 heavy (non-hydrogen) atoms. The Morgan fingerprint density at radius 3 is 2.81 bits per heavy atom. The third-order valence-electron chi connectivity index (χ3n) is 4.40. The molecule has 114 valence electrons. The Balaban J connectivity index is 1.72. The summed E-state index contributed by atoms with van der Waals surface area (Å²) < 4.78 is 0. The maximum atomic E-state index is 12.7. The second-order valence-electron chi connectivity index (χ2n) is 6.04. The highest BCUT2D eigenvalue weighted by Gasteiger charge is 2.46. The Bertz CT molecular complexity index is 510. The quantitative estimate of drug-likeness (QED) is 0.876. The van der Waals surface area contributed by atoms with E-state index in [2.05, 4.69) is 29.1 Å². The third-order valence-corrected chi connectivity index (χ3v) is 5.13. The van der Waals surface area contributed by atoms with Crippen LogP contribution in [-0.4, -0.2) is 35.3 Å². The summed E-state index contributed by atoms with van der Waals surface area (Å²) in [6.45, 7) is 2.71. The summed E-state index contributed by atoms with van der Waals surface area (Å²) in [5.41, 5.74) is 1.25. The van der Waals surface area contributed by atoms with Crippen molar-refractivity contribution in [1.82, 2.24) is 10.2 Å². The third kappa shape index (κ3) is 3.12. The zero-order chi connectivity index (χ0) is 14.8. The van der Waals surface area contributed by atoms with Crippen LogP contribution in [0.15, 0.2) is 16.8 Å². The van der Waals surface area contributed by atoms with Crippen molar-refractivity contribution in [2.45, 2.75) is 51.1 Å². The number of carbonyl (C=O) groups excluding carboxylic acids is 2. The van der Waals surface area contributed by atoms with Crippen molar-refractivity contribution in [1.29, 1.82) is 0 Å². The molecule has 2 amide bonds. The summed E-state index contributed by atoms with van der Waals surface area (Å²) in [7, 11) is 0. The van der Waals surface area contributed by atoms with E-state index in [1.807, 2.05) is 4.90 Å². The first-order valence-electron chi connectivity index (χ1n) is 7.82. The smallest absolute Gasteiger partial charge is 0.246 e. The SMILES string of the molecule is CCCC1C(=O)NC(C2CC2)C(=O)N1CCc1ccsc1. The predicted molar refractivity (Wildman–Crippen MR) is 83.1 cm³/mol. The van der Waals surface area contributed by atoms with Gasteiger partial charge in [0.1, 0.15) is 12.1 Å². The van der Waals surface area contributed by atoms with E-state index in [0.717, 1.165) is 32.1 Å². The Kier molecular flexibility index (Phi) is 4.29. The average Bonchev–Trinajstić information content (AvgIpc) is 3.18. The molecule has 3 rings (SSSR count). The molecule has 2 fully saturated rings. The van der Waals surface area contributed by atoms with Gasteiger partial charge < -0.3 is 10.2 Å². The van der Waals surface area contributed by atoms with Crippen LogP contribution in [0.1, 0.15) is 38.2 Å². The highest BCUT2D eigenvalue weighted by molar-refractivity contribution is 7.07. The number of amides is 2. The molecule has 2 aliphatic rings. The van der Waals surface area contributed by atoms with Crippen molar-refractivity contribution in [3.05, 3.63) is 22.4 Å². The van der Waals surface area contributed by atoms with Gasteiger partial charge >= 0.3 is 0 Å². The van der Waals surface area contributed by atoms with E-state index < -0.39 is 0 Å². The molecule has 5 heteroatoms. The molecular weight excluding hydrogens is 284 g/mol. The molecule has 1 aromatic heterocycles. The van der Waals surface area contributed by atoms with Crippen LogP contribution in [0.25, 0.3) is 0 Å². The highest BCUT2D eigenvalue weighted by Crippen LogP contribution is 2.35. The van der Waals surface area contributed by atoms with Crippen molar-refractivity contribution in [3.63, 3.8) is 0 Å². The number of nitrogens with one attached hydrogen (secondary N) is 1. The van der Waals surface area contributed by atoms with Crippen LogP contribution in [-0.2, 0) is 16.0 Å². The van der Waals surface area contributed by atoms with Gasteiger partial charge in [0.25, 0.3) is 0 Å². The number of hydrogen-bond donors (Lipinski definition) is 1. The van der Waals surface area contributed by atoms with E-state index in [1.165, 1.54) is 5.56 Å². The zero-order valence-corrected chi connectivity index (χ0v) is 13.2. The monoisotopic (exact) mass is 306 g/mol. The minimum atomic E-state index is -0.281. The lowest BCUT2D eigenvalue weighted by Gasteiger charge is -2.39. The van der Waals surface area contributed by atoms with Gasteiger partial charge in [0, 0.05) is 6.54 Å². The molecule has 1 aliphatic carbocycles. The average molecular weight is 306 g/mol. The first kappa shape index (κ1) is 14.6. The molecule has 2 unspecified atom stereocenters. The van der Waals surface area contributed by atoms with E-state index in [9.17, 15) is 9.59 Å². The molecule has 2 atom stereocenters. The molecule has 2 heterocycles. The van der Waals surface area contributed by atoms with Gasteiger partial charge in [-0.15, -0.1) is 0 Å². The van der Waals surface area contributed by atoms with Gasteiger partial charge in [-0.2, -0.15) is 11.3 Å². The largest absolute Gasteiger partial charge is 0.342 e. The summed E-state index contributed by atoms with van der Waals surface area (Å²) in [6.07, 6.45) is 4.62. The summed E-state index contributed by atoms with van der Waals surface area (Å²) in [5, 5.41) is 7.12. The zero-order valence-electron chi connectivity index (χ0n) is 12.4. The number of rotatable bonds is 6. The van der Waals surface area contributed by atoms with Crippen LogP contribution < -0.4 is 5.32 Å². The topological polar surface area (TPSA) is 49.4 Å². The number of nitrogens with zero attached hydrogens (tertiary/aromatic N) is 1. The lowest BCUT2D eigenvalue weighted by molar-refractivity contribution is -0.150. The van der Waals surface area contributed by atoms with Crippen LogP contribution in [0.4, 0.5) is 0 Å². The van der Waals surface area contributed by atoms with Gasteiger partial charge in [-0.05, 0) is 54.0 Å². The Morgan fingerprint density at radius 1 is 1.38 bits per heavy atom. The number of hydrogen-bond acceptors (Lipinski definition) is 3. The molecule has 1 N–H and O–H groups in total.